The van der Waals surface area contributed by atoms with Crippen molar-refractivity contribution in [1.82, 2.24) is 4.90 Å². The van der Waals surface area contributed by atoms with Gasteiger partial charge in [-0.3, -0.25) is 9.59 Å². The molecule has 0 spiro atoms. The number of carbonyl (C=O) groups excluding carboxylic acids is 1. The molecule has 4 nitrogen and oxygen atoms in total. The lowest BCUT2D eigenvalue weighted by molar-refractivity contribution is -0.138. The standard InChI is InChI=1S/C14H25NO3/c1-11(10-13(17)18)9-12(16)15-7-4-5-14(2,3)6-8-15/h11H,4-10H2,1-3H3,(H,17,18). The van der Waals surface area contributed by atoms with Crippen molar-refractivity contribution in [2.75, 3.05) is 13.1 Å². The van der Waals surface area contributed by atoms with E-state index in [0.29, 0.717) is 11.8 Å². The molecule has 18 heavy (non-hydrogen) atoms. The number of hydrogen-bond acceptors (Lipinski definition) is 2. The minimum Gasteiger partial charge on any atom is -0.481 e. The molecule has 1 aliphatic rings. The quantitative estimate of drug-likeness (QED) is 0.839. The van der Waals surface area contributed by atoms with Crippen LogP contribution in [0.3, 0.4) is 0 Å². The van der Waals surface area contributed by atoms with Gasteiger partial charge in [-0.05, 0) is 30.6 Å². The molecule has 1 rings (SSSR count). The Hall–Kier alpha value is -1.06. The van der Waals surface area contributed by atoms with Crippen LogP contribution in [0.15, 0.2) is 0 Å². The van der Waals surface area contributed by atoms with E-state index in [1.165, 1.54) is 0 Å². The van der Waals surface area contributed by atoms with Gasteiger partial charge in [0.1, 0.15) is 0 Å². The molecule has 0 saturated carbocycles. The molecule has 0 aliphatic carbocycles. The van der Waals surface area contributed by atoms with Gasteiger partial charge in [-0.25, -0.2) is 0 Å². The van der Waals surface area contributed by atoms with Crippen molar-refractivity contribution in [1.29, 1.82) is 0 Å². The summed E-state index contributed by atoms with van der Waals surface area (Å²) in [7, 11) is 0. The first-order valence-electron chi connectivity index (χ1n) is 6.80. The summed E-state index contributed by atoms with van der Waals surface area (Å²) in [6.45, 7) is 7.95. The Morgan fingerprint density at radius 3 is 2.50 bits per heavy atom. The lowest BCUT2D eigenvalue weighted by atomic mass is 9.85. The van der Waals surface area contributed by atoms with Crippen LogP contribution in [0.4, 0.5) is 0 Å². The molecule has 1 heterocycles. The zero-order valence-corrected chi connectivity index (χ0v) is 11.7. The van der Waals surface area contributed by atoms with E-state index in [0.717, 1.165) is 32.4 Å². The number of carbonyl (C=O) groups is 2. The zero-order valence-electron chi connectivity index (χ0n) is 11.7. The van der Waals surface area contributed by atoms with Crippen LogP contribution in [0.25, 0.3) is 0 Å². The third-order valence-electron chi connectivity index (χ3n) is 3.74. The molecule has 0 aromatic carbocycles. The Kier molecular flexibility index (Phi) is 5.17. The van der Waals surface area contributed by atoms with Gasteiger partial charge in [0, 0.05) is 25.9 Å². The van der Waals surface area contributed by atoms with Crippen LogP contribution in [0.2, 0.25) is 0 Å². The van der Waals surface area contributed by atoms with Crippen molar-refractivity contribution in [3.8, 4) is 0 Å². The molecule has 1 atom stereocenters. The Morgan fingerprint density at radius 1 is 1.22 bits per heavy atom. The normalized spacial score (nSPS) is 21.2. The van der Waals surface area contributed by atoms with Gasteiger partial charge >= 0.3 is 5.97 Å². The minimum absolute atomic E-state index is 0.0745. The number of aliphatic carboxylic acids is 1. The Bertz CT molecular complexity index is 312. The number of rotatable bonds is 4. The van der Waals surface area contributed by atoms with Gasteiger partial charge < -0.3 is 10.0 Å². The van der Waals surface area contributed by atoms with Crippen molar-refractivity contribution in [2.24, 2.45) is 11.3 Å². The highest BCUT2D eigenvalue weighted by atomic mass is 16.4. The fourth-order valence-electron chi connectivity index (χ4n) is 2.47. The van der Waals surface area contributed by atoms with Crippen LogP contribution in [0.1, 0.15) is 52.9 Å². The van der Waals surface area contributed by atoms with E-state index in [4.69, 9.17) is 5.11 Å². The van der Waals surface area contributed by atoms with E-state index in [2.05, 4.69) is 13.8 Å². The molecule has 0 aromatic rings. The smallest absolute Gasteiger partial charge is 0.303 e. The lowest BCUT2D eigenvalue weighted by Crippen LogP contribution is -2.33. The van der Waals surface area contributed by atoms with Crippen LogP contribution in [-0.2, 0) is 9.59 Å². The number of carboxylic acid groups (broad SMARTS) is 1. The van der Waals surface area contributed by atoms with Gasteiger partial charge in [-0.1, -0.05) is 20.8 Å². The predicted octanol–water partition coefficient (Wildman–Crippen LogP) is 2.53. The molecule has 1 aliphatic heterocycles. The topological polar surface area (TPSA) is 57.6 Å². The second-order valence-electron chi connectivity index (χ2n) is 6.31. The van der Waals surface area contributed by atoms with Gasteiger partial charge in [0.15, 0.2) is 0 Å². The molecule has 0 bridgehead atoms. The van der Waals surface area contributed by atoms with E-state index in [9.17, 15) is 9.59 Å². The van der Waals surface area contributed by atoms with Crippen LogP contribution in [-0.4, -0.2) is 35.0 Å². The second-order valence-corrected chi connectivity index (χ2v) is 6.31. The summed E-state index contributed by atoms with van der Waals surface area (Å²) in [6.07, 6.45) is 3.66. The molecular formula is C14H25NO3. The van der Waals surface area contributed by atoms with Crippen LogP contribution in [0.5, 0.6) is 0 Å². The van der Waals surface area contributed by atoms with Crippen LogP contribution < -0.4 is 0 Å². The highest BCUT2D eigenvalue weighted by Gasteiger charge is 2.26. The molecule has 1 saturated heterocycles. The molecule has 104 valence electrons. The third kappa shape index (κ3) is 5.07. The summed E-state index contributed by atoms with van der Waals surface area (Å²) in [5.41, 5.74) is 0.321. The third-order valence-corrected chi connectivity index (χ3v) is 3.74. The van der Waals surface area contributed by atoms with E-state index in [1.54, 1.807) is 0 Å². The SMILES string of the molecule is CC(CC(=O)O)CC(=O)N1CCCC(C)(C)CC1. The van der Waals surface area contributed by atoms with E-state index in [-0.39, 0.29) is 18.2 Å². The molecule has 0 aromatic heterocycles. The minimum atomic E-state index is -0.827. The lowest BCUT2D eigenvalue weighted by Gasteiger charge is -2.24. The molecule has 1 unspecified atom stereocenters. The Morgan fingerprint density at radius 2 is 1.89 bits per heavy atom. The van der Waals surface area contributed by atoms with Gasteiger partial charge in [0.2, 0.25) is 5.91 Å². The van der Waals surface area contributed by atoms with E-state index >= 15 is 0 Å². The fourth-order valence-corrected chi connectivity index (χ4v) is 2.47. The maximum Gasteiger partial charge on any atom is 0.303 e. The first-order chi connectivity index (χ1) is 8.30. The fraction of sp³-hybridized carbons (Fsp3) is 0.857. The predicted molar refractivity (Wildman–Crippen MR) is 70.2 cm³/mol. The summed E-state index contributed by atoms with van der Waals surface area (Å²) in [6, 6.07) is 0. The highest BCUT2D eigenvalue weighted by molar-refractivity contribution is 5.77. The molecule has 0 radical (unpaired) electrons. The van der Waals surface area contributed by atoms with Crippen molar-refractivity contribution in [2.45, 2.75) is 52.9 Å². The molecule has 1 N–H and O–H groups in total. The molecule has 4 heteroatoms. The van der Waals surface area contributed by atoms with Crippen molar-refractivity contribution in [3.63, 3.8) is 0 Å². The van der Waals surface area contributed by atoms with Crippen LogP contribution in [0, 0.1) is 11.3 Å². The Balaban J connectivity index is 2.44. The summed E-state index contributed by atoms with van der Waals surface area (Å²) in [5.74, 6) is -0.792. The van der Waals surface area contributed by atoms with Crippen molar-refractivity contribution in [3.05, 3.63) is 0 Å². The number of hydrogen-bond donors (Lipinski definition) is 1. The van der Waals surface area contributed by atoms with Crippen molar-refractivity contribution < 1.29 is 14.7 Å². The van der Waals surface area contributed by atoms with Gasteiger partial charge in [-0.15, -0.1) is 0 Å². The average Bonchev–Trinajstić information content (AvgIpc) is 2.37. The second kappa shape index (κ2) is 6.21. The van der Waals surface area contributed by atoms with Crippen LogP contribution >= 0.6 is 0 Å². The maximum atomic E-state index is 12.1. The Labute approximate surface area is 109 Å². The van der Waals surface area contributed by atoms with E-state index in [1.807, 2.05) is 11.8 Å². The summed E-state index contributed by atoms with van der Waals surface area (Å²) < 4.78 is 0. The maximum absolute atomic E-state index is 12.1. The number of carboxylic acids is 1. The number of amides is 1. The number of likely N-dealkylation sites (tertiary alicyclic amines) is 1. The first kappa shape index (κ1) is 15.0. The van der Waals surface area contributed by atoms with Gasteiger partial charge in [0.05, 0.1) is 0 Å². The van der Waals surface area contributed by atoms with Gasteiger partial charge in [-0.2, -0.15) is 0 Å². The largest absolute Gasteiger partial charge is 0.481 e. The van der Waals surface area contributed by atoms with E-state index < -0.39 is 5.97 Å². The van der Waals surface area contributed by atoms with Gasteiger partial charge in [0.25, 0.3) is 0 Å². The summed E-state index contributed by atoms with van der Waals surface area (Å²) >= 11 is 0. The summed E-state index contributed by atoms with van der Waals surface area (Å²) in [4.78, 5) is 24.6. The molecular weight excluding hydrogens is 230 g/mol. The summed E-state index contributed by atoms with van der Waals surface area (Å²) in [5, 5.41) is 8.70. The average molecular weight is 255 g/mol. The zero-order chi connectivity index (χ0) is 13.8. The first-order valence-corrected chi connectivity index (χ1v) is 6.80. The molecule has 1 amide bonds. The monoisotopic (exact) mass is 255 g/mol. The van der Waals surface area contributed by atoms with Crippen molar-refractivity contribution >= 4 is 11.9 Å². The molecule has 1 fully saturated rings. The highest BCUT2D eigenvalue weighted by Crippen LogP contribution is 2.30. The number of nitrogens with zero attached hydrogens (tertiary/aromatic N) is 1.